The summed E-state index contributed by atoms with van der Waals surface area (Å²) in [7, 11) is -7.04. The van der Waals surface area contributed by atoms with Crippen LogP contribution in [0.25, 0.3) is 0 Å². The number of sulfonamides is 2. The Labute approximate surface area is 170 Å². The van der Waals surface area contributed by atoms with E-state index in [2.05, 4.69) is 9.71 Å². The minimum Gasteiger partial charge on any atom is -0.263 e. The fraction of sp³-hybridized carbons (Fsp3) is 0.389. The van der Waals surface area contributed by atoms with Crippen LogP contribution in [-0.2, 0) is 25.8 Å². The van der Waals surface area contributed by atoms with E-state index in [0.717, 1.165) is 0 Å². The molecule has 2 aromatic rings. The molecule has 0 atom stereocenters. The Kier molecular flexibility index (Phi) is 6.72. The molecule has 0 aliphatic carbocycles. The SMILES string of the molecule is O=S(=O)(Cc1cccc(Cl)c1)NCC1CCN(S(=O)(=O)c2cccnc2)CC1. The molecule has 7 nitrogen and oxygen atoms in total. The third kappa shape index (κ3) is 5.51. The topological polar surface area (TPSA) is 96.4 Å². The van der Waals surface area contributed by atoms with E-state index in [4.69, 9.17) is 11.6 Å². The van der Waals surface area contributed by atoms with Gasteiger partial charge in [0.25, 0.3) is 0 Å². The molecule has 0 radical (unpaired) electrons. The van der Waals surface area contributed by atoms with Gasteiger partial charge in [-0.1, -0.05) is 23.7 Å². The fourth-order valence-electron chi connectivity index (χ4n) is 3.14. The first-order valence-electron chi connectivity index (χ1n) is 8.88. The van der Waals surface area contributed by atoms with Gasteiger partial charge in [0.2, 0.25) is 20.0 Å². The molecule has 1 N–H and O–H groups in total. The largest absolute Gasteiger partial charge is 0.263 e. The molecule has 1 aromatic carbocycles. The van der Waals surface area contributed by atoms with Gasteiger partial charge in [0, 0.05) is 37.1 Å². The highest BCUT2D eigenvalue weighted by atomic mass is 35.5. The molecule has 0 saturated carbocycles. The lowest BCUT2D eigenvalue weighted by Gasteiger charge is -2.31. The molecule has 1 saturated heterocycles. The molecule has 152 valence electrons. The summed E-state index contributed by atoms with van der Waals surface area (Å²) < 4.78 is 53.9. The van der Waals surface area contributed by atoms with Gasteiger partial charge in [0.15, 0.2) is 0 Å². The van der Waals surface area contributed by atoms with Gasteiger partial charge < -0.3 is 0 Å². The maximum absolute atomic E-state index is 12.6. The summed E-state index contributed by atoms with van der Waals surface area (Å²) in [5.41, 5.74) is 0.623. The van der Waals surface area contributed by atoms with Crippen molar-refractivity contribution in [2.75, 3.05) is 19.6 Å². The van der Waals surface area contributed by atoms with Gasteiger partial charge in [0.1, 0.15) is 4.90 Å². The van der Waals surface area contributed by atoms with E-state index in [-0.39, 0.29) is 16.6 Å². The number of hydrogen-bond donors (Lipinski definition) is 1. The van der Waals surface area contributed by atoms with E-state index in [1.807, 2.05) is 0 Å². The minimum atomic E-state index is -3.55. The maximum atomic E-state index is 12.6. The van der Waals surface area contributed by atoms with E-state index in [9.17, 15) is 16.8 Å². The Bertz CT molecular complexity index is 1010. The standard InChI is InChI=1S/C18H22ClN3O4S2/c19-17-4-1-3-16(11-17)14-27(23,24)21-12-15-6-9-22(10-7-15)28(25,26)18-5-2-8-20-13-18/h1-5,8,11,13,15,21H,6-7,9-10,12,14H2. The summed E-state index contributed by atoms with van der Waals surface area (Å²) in [5, 5.41) is 0.495. The second kappa shape index (κ2) is 8.87. The second-order valence-corrected chi connectivity index (χ2v) is 11.0. The van der Waals surface area contributed by atoms with Crippen molar-refractivity contribution in [3.63, 3.8) is 0 Å². The van der Waals surface area contributed by atoms with Gasteiger partial charge in [-0.3, -0.25) is 4.98 Å². The van der Waals surface area contributed by atoms with Crippen molar-refractivity contribution in [2.24, 2.45) is 5.92 Å². The van der Waals surface area contributed by atoms with E-state index in [1.54, 1.807) is 30.3 Å². The predicted molar refractivity (Wildman–Crippen MR) is 108 cm³/mol. The Morgan fingerprint density at radius 2 is 1.86 bits per heavy atom. The molecule has 0 amide bonds. The van der Waals surface area contributed by atoms with Crippen molar-refractivity contribution < 1.29 is 16.8 Å². The Morgan fingerprint density at radius 3 is 2.50 bits per heavy atom. The van der Waals surface area contributed by atoms with Crippen molar-refractivity contribution in [3.05, 3.63) is 59.4 Å². The average Bonchev–Trinajstić information content (AvgIpc) is 2.67. The van der Waals surface area contributed by atoms with Crippen LogP contribution in [0.5, 0.6) is 0 Å². The van der Waals surface area contributed by atoms with Gasteiger partial charge in [0.05, 0.1) is 5.75 Å². The van der Waals surface area contributed by atoms with Crippen molar-refractivity contribution in [2.45, 2.75) is 23.5 Å². The molecule has 1 aliphatic heterocycles. The molecule has 3 rings (SSSR count). The van der Waals surface area contributed by atoms with Gasteiger partial charge in [-0.05, 0) is 48.6 Å². The van der Waals surface area contributed by atoms with E-state index in [1.165, 1.54) is 22.8 Å². The summed E-state index contributed by atoms with van der Waals surface area (Å²) in [6.45, 7) is 1.01. The van der Waals surface area contributed by atoms with Crippen LogP contribution in [0.2, 0.25) is 5.02 Å². The molecule has 1 aromatic heterocycles. The number of hydrogen-bond acceptors (Lipinski definition) is 5. The van der Waals surface area contributed by atoms with E-state index >= 15 is 0 Å². The first-order chi connectivity index (χ1) is 13.3. The summed E-state index contributed by atoms with van der Waals surface area (Å²) in [6, 6.07) is 9.87. The zero-order chi connectivity index (χ0) is 20.2. The average molecular weight is 444 g/mol. The van der Waals surface area contributed by atoms with Crippen LogP contribution < -0.4 is 4.72 Å². The van der Waals surface area contributed by atoms with Crippen molar-refractivity contribution in [1.29, 1.82) is 0 Å². The lowest BCUT2D eigenvalue weighted by molar-refractivity contribution is 0.274. The molecule has 10 heteroatoms. The van der Waals surface area contributed by atoms with Crippen molar-refractivity contribution in [3.8, 4) is 0 Å². The zero-order valence-corrected chi connectivity index (χ0v) is 17.5. The lowest BCUT2D eigenvalue weighted by Crippen LogP contribution is -2.41. The molecular formula is C18H22ClN3O4S2. The summed E-state index contributed by atoms with van der Waals surface area (Å²) in [6.07, 6.45) is 4.06. The number of benzene rings is 1. The third-order valence-corrected chi connectivity index (χ3v) is 8.12. The number of piperidine rings is 1. The molecular weight excluding hydrogens is 422 g/mol. The molecule has 0 spiro atoms. The van der Waals surface area contributed by atoms with Crippen LogP contribution in [0, 0.1) is 5.92 Å². The molecule has 28 heavy (non-hydrogen) atoms. The molecule has 1 fully saturated rings. The number of pyridine rings is 1. The molecule has 0 bridgehead atoms. The second-order valence-electron chi connectivity index (χ2n) is 6.77. The number of nitrogens with zero attached hydrogens (tertiary/aromatic N) is 2. The smallest absolute Gasteiger partial charge is 0.244 e. The first-order valence-corrected chi connectivity index (χ1v) is 12.4. The summed E-state index contributed by atoms with van der Waals surface area (Å²) >= 11 is 5.89. The quantitative estimate of drug-likeness (QED) is 0.707. The Balaban J connectivity index is 1.52. The highest BCUT2D eigenvalue weighted by Crippen LogP contribution is 2.23. The van der Waals surface area contributed by atoms with Crippen LogP contribution in [0.3, 0.4) is 0 Å². The highest BCUT2D eigenvalue weighted by Gasteiger charge is 2.30. The Hall–Kier alpha value is -1.52. The third-order valence-electron chi connectivity index (χ3n) is 4.68. The van der Waals surface area contributed by atoms with Crippen LogP contribution in [0.15, 0.2) is 53.7 Å². The summed E-state index contributed by atoms with van der Waals surface area (Å²) in [5.74, 6) is -0.0450. The Morgan fingerprint density at radius 1 is 1.11 bits per heavy atom. The molecule has 1 aliphatic rings. The van der Waals surface area contributed by atoms with Crippen LogP contribution in [-0.4, -0.2) is 45.8 Å². The molecule has 0 unspecified atom stereocenters. The van der Waals surface area contributed by atoms with Gasteiger partial charge in [-0.25, -0.2) is 21.6 Å². The normalized spacial score (nSPS) is 16.9. The lowest BCUT2D eigenvalue weighted by atomic mass is 9.99. The maximum Gasteiger partial charge on any atom is 0.244 e. The van der Waals surface area contributed by atoms with E-state index < -0.39 is 20.0 Å². The van der Waals surface area contributed by atoms with Gasteiger partial charge in [-0.2, -0.15) is 4.31 Å². The monoisotopic (exact) mass is 443 g/mol. The van der Waals surface area contributed by atoms with Crippen LogP contribution in [0.4, 0.5) is 0 Å². The number of aromatic nitrogens is 1. The van der Waals surface area contributed by atoms with Gasteiger partial charge >= 0.3 is 0 Å². The number of rotatable bonds is 7. The minimum absolute atomic E-state index is 0.0921. The molecule has 2 heterocycles. The fourth-order valence-corrected chi connectivity index (χ4v) is 6.00. The van der Waals surface area contributed by atoms with Crippen molar-refractivity contribution >= 4 is 31.6 Å². The highest BCUT2D eigenvalue weighted by molar-refractivity contribution is 7.89. The summed E-state index contributed by atoms with van der Waals surface area (Å²) in [4.78, 5) is 4.04. The predicted octanol–water partition coefficient (Wildman–Crippen LogP) is 2.26. The number of nitrogens with one attached hydrogen (secondary N) is 1. The van der Waals surface area contributed by atoms with Crippen LogP contribution in [0.1, 0.15) is 18.4 Å². The first kappa shape index (κ1) is 21.2. The van der Waals surface area contributed by atoms with E-state index in [0.29, 0.717) is 43.1 Å². The zero-order valence-electron chi connectivity index (χ0n) is 15.2. The van der Waals surface area contributed by atoms with Crippen molar-refractivity contribution in [1.82, 2.24) is 14.0 Å². The number of halogens is 1. The van der Waals surface area contributed by atoms with Gasteiger partial charge in [-0.15, -0.1) is 0 Å². The van der Waals surface area contributed by atoms with Crippen LogP contribution >= 0.6 is 11.6 Å².